The number of anilines is 1. The van der Waals surface area contributed by atoms with E-state index in [2.05, 4.69) is 63.7 Å². The Bertz CT molecular complexity index is 1340. The van der Waals surface area contributed by atoms with Gasteiger partial charge in [-0.2, -0.15) is 0 Å². The summed E-state index contributed by atoms with van der Waals surface area (Å²) < 4.78 is 18.5. The van der Waals surface area contributed by atoms with Gasteiger partial charge in [0.05, 0.1) is 18.0 Å². The van der Waals surface area contributed by atoms with E-state index in [4.69, 9.17) is 19.9 Å². The highest BCUT2D eigenvalue weighted by Crippen LogP contribution is 2.45. The number of pyridine rings is 1. The number of carbonyl (C=O) groups excluding carboxylic acids is 1. The molecular formula is C33H44N6O4. The van der Waals surface area contributed by atoms with Crippen molar-refractivity contribution >= 4 is 11.7 Å². The number of rotatable bonds is 7. The summed E-state index contributed by atoms with van der Waals surface area (Å²) in [5, 5.41) is 5.77. The largest absolute Gasteiger partial charge is 0.490 e. The molecule has 3 heterocycles. The molecule has 0 saturated carbocycles. The van der Waals surface area contributed by atoms with E-state index in [0.29, 0.717) is 37.7 Å². The molecule has 0 aliphatic carbocycles. The maximum Gasteiger partial charge on any atom is 0.319 e. The van der Waals surface area contributed by atoms with Gasteiger partial charge in [-0.05, 0) is 55.3 Å². The van der Waals surface area contributed by atoms with Crippen molar-refractivity contribution < 1.29 is 19.0 Å². The first-order chi connectivity index (χ1) is 20.9. The molecule has 2 unspecified atom stereocenters. The maximum absolute atomic E-state index is 12.3. The molecule has 1 saturated heterocycles. The minimum absolute atomic E-state index is 0.0208. The van der Waals surface area contributed by atoms with Gasteiger partial charge in [0, 0.05) is 56.3 Å². The Hall–Kier alpha value is -3.54. The standard InChI is InChI=1S/C33H44N6O4/c1-5-15-36-33(40)37-25-13-14-28-26(17-25)31-32(43-31)38(3)20-29(41-4)22(2)18-39(30(34)21-42-28)19-23-9-11-24(12-10-23)27-8-6-7-16-35-27/h6-14,16-17,22,29-32H,5,15,18-21,34H2,1-4H3,(H2,36,37,40)/t22-,29-,30+,31?,32?/m0/s1. The number of epoxide rings is 1. The lowest BCUT2D eigenvalue weighted by atomic mass is 10.0. The predicted molar refractivity (Wildman–Crippen MR) is 168 cm³/mol. The van der Waals surface area contributed by atoms with Crippen molar-refractivity contribution in [2.75, 3.05) is 45.7 Å². The lowest BCUT2D eigenvalue weighted by molar-refractivity contribution is 0.00231. The number of aromatic nitrogens is 1. The average Bonchev–Trinajstić information content (AvgIpc) is 3.83. The molecule has 1 fully saturated rings. The minimum Gasteiger partial charge on any atom is -0.490 e. The minimum atomic E-state index is -0.365. The zero-order valence-corrected chi connectivity index (χ0v) is 25.5. The molecule has 10 nitrogen and oxygen atoms in total. The molecule has 3 aromatic rings. The van der Waals surface area contributed by atoms with Gasteiger partial charge in [0.2, 0.25) is 0 Å². The average molecular weight is 589 g/mol. The summed E-state index contributed by atoms with van der Waals surface area (Å²) in [7, 11) is 3.81. The number of ether oxygens (including phenoxy) is 3. The first kappa shape index (κ1) is 30.9. The molecule has 2 aromatic carbocycles. The summed E-state index contributed by atoms with van der Waals surface area (Å²) in [6, 6.07) is 19.8. The molecule has 43 heavy (non-hydrogen) atoms. The summed E-state index contributed by atoms with van der Waals surface area (Å²) in [6.45, 7) is 7.22. The van der Waals surface area contributed by atoms with Crippen LogP contribution in [0.15, 0.2) is 66.9 Å². The molecule has 1 aromatic heterocycles. The van der Waals surface area contributed by atoms with Crippen molar-refractivity contribution in [3.63, 3.8) is 0 Å². The van der Waals surface area contributed by atoms with Crippen LogP contribution in [0, 0.1) is 5.92 Å². The Balaban J connectivity index is 1.37. The summed E-state index contributed by atoms with van der Waals surface area (Å²) in [5.74, 6) is 0.898. The molecule has 0 bridgehead atoms. The van der Waals surface area contributed by atoms with Crippen molar-refractivity contribution in [3.05, 3.63) is 78.0 Å². The number of methoxy groups -OCH3 is 1. The monoisotopic (exact) mass is 588 g/mol. The highest BCUT2D eigenvalue weighted by atomic mass is 16.6. The van der Waals surface area contributed by atoms with Crippen molar-refractivity contribution in [2.45, 2.75) is 51.4 Å². The number of hydrogen-bond donors (Lipinski definition) is 3. The Morgan fingerprint density at radius 2 is 1.95 bits per heavy atom. The quantitative estimate of drug-likeness (QED) is 0.347. The van der Waals surface area contributed by atoms with Crippen LogP contribution in [0.4, 0.5) is 10.5 Å². The van der Waals surface area contributed by atoms with E-state index < -0.39 is 0 Å². The van der Waals surface area contributed by atoms with Crippen LogP contribution >= 0.6 is 0 Å². The van der Waals surface area contributed by atoms with Crippen LogP contribution < -0.4 is 21.1 Å². The normalized spacial score (nSPS) is 24.7. The maximum atomic E-state index is 12.3. The van der Waals surface area contributed by atoms with Crippen LogP contribution in [0.5, 0.6) is 5.75 Å². The van der Waals surface area contributed by atoms with Gasteiger partial charge >= 0.3 is 6.03 Å². The van der Waals surface area contributed by atoms with Gasteiger partial charge in [-0.1, -0.05) is 44.2 Å². The molecule has 2 aliphatic heterocycles. The smallest absolute Gasteiger partial charge is 0.319 e. The SMILES string of the molecule is CCCNC(=O)Nc1ccc2c(c1)C1OC1N(C)C[C@H](OC)[C@@H](C)CN(Cc1ccc(-c3ccccn3)cc1)[C@@H](N)CO2. The van der Waals surface area contributed by atoms with Crippen LogP contribution in [-0.2, 0) is 16.0 Å². The van der Waals surface area contributed by atoms with Crippen LogP contribution in [-0.4, -0.2) is 79.7 Å². The Kier molecular flexibility index (Phi) is 10.3. The third-order valence-electron chi connectivity index (χ3n) is 8.12. The van der Waals surface area contributed by atoms with Crippen molar-refractivity contribution in [1.29, 1.82) is 0 Å². The van der Waals surface area contributed by atoms with Gasteiger partial charge in [0.15, 0.2) is 0 Å². The molecule has 0 radical (unpaired) electrons. The molecule has 2 amide bonds. The van der Waals surface area contributed by atoms with Gasteiger partial charge in [0.25, 0.3) is 0 Å². The van der Waals surface area contributed by atoms with Gasteiger partial charge in [-0.15, -0.1) is 0 Å². The van der Waals surface area contributed by atoms with E-state index in [1.807, 2.05) is 49.5 Å². The van der Waals surface area contributed by atoms with Gasteiger partial charge in [-0.25, -0.2) is 4.79 Å². The van der Waals surface area contributed by atoms with Gasteiger partial charge in [-0.3, -0.25) is 14.8 Å². The highest BCUT2D eigenvalue weighted by molar-refractivity contribution is 5.89. The number of hydrogen-bond acceptors (Lipinski definition) is 8. The molecule has 10 heteroatoms. The molecule has 0 spiro atoms. The molecule has 4 N–H and O–H groups in total. The Labute approximate surface area is 254 Å². The Morgan fingerprint density at radius 1 is 1.14 bits per heavy atom. The third kappa shape index (κ3) is 7.90. The second-order valence-electron chi connectivity index (χ2n) is 11.5. The molecular weight excluding hydrogens is 544 g/mol. The summed E-state index contributed by atoms with van der Waals surface area (Å²) in [6.07, 6.45) is 1.99. The summed E-state index contributed by atoms with van der Waals surface area (Å²) >= 11 is 0. The number of urea groups is 1. The first-order valence-corrected chi connectivity index (χ1v) is 15.1. The van der Waals surface area contributed by atoms with Gasteiger partial charge in [0.1, 0.15) is 24.7 Å². The first-order valence-electron chi connectivity index (χ1n) is 15.1. The van der Waals surface area contributed by atoms with E-state index >= 15 is 0 Å². The number of nitrogens with two attached hydrogens (primary N) is 1. The van der Waals surface area contributed by atoms with Crippen molar-refractivity contribution in [2.24, 2.45) is 11.7 Å². The molecule has 2 aliphatic rings. The lowest BCUT2D eigenvalue weighted by Crippen LogP contribution is -2.49. The zero-order chi connectivity index (χ0) is 30.3. The topological polar surface area (TPSA) is 118 Å². The van der Waals surface area contributed by atoms with Crippen molar-refractivity contribution in [1.82, 2.24) is 20.1 Å². The van der Waals surface area contributed by atoms with E-state index in [0.717, 1.165) is 35.3 Å². The van der Waals surface area contributed by atoms with Crippen molar-refractivity contribution in [3.8, 4) is 17.0 Å². The molecule has 5 rings (SSSR count). The number of carbonyl (C=O) groups is 1. The van der Waals surface area contributed by atoms with Crippen LogP contribution in [0.2, 0.25) is 0 Å². The van der Waals surface area contributed by atoms with E-state index in [9.17, 15) is 4.79 Å². The van der Waals surface area contributed by atoms with Crippen LogP contribution in [0.1, 0.15) is 37.5 Å². The number of benzene rings is 2. The van der Waals surface area contributed by atoms with Crippen LogP contribution in [0.3, 0.4) is 0 Å². The fraction of sp³-hybridized carbons (Fsp3) is 0.455. The fourth-order valence-electron chi connectivity index (χ4n) is 5.57. The number of amides is 2. The highest BCUT2D eigenvalue weighted by Gasteiger charge is 2.46. The summed E-state index contributed by atoms with van der Waals surface area (Å²) in [5.41, 5.74) is 11.6. The number of nitrogens with one attached hydrogen (secondary N) is 2. The molecule has 230 valence electrons. The zero-order valence-electron chi connectivity index (χ0n) is 25.5. The number of fused-ring (bicyclic) bond motifs is 3. The second-order valence-corrected chi connectivity index (χ2v) is 11.5. The van der Waals surface area contributed by atoms with Crippen LogP contribution in [0.25, 0.3) is 11.3 Å². The van der Waals surface area contributed by atoms with E-state index in [-0.39, 0.29) is 36.6 Å². The fourth-order valence-corrected chi connectivity index (χ4v) is 5.57. The van der Waals surface area contributed by atoms with E-state index in [1.165, 1.54) is 0 Å². The number of nitrogens with zero attached hydrogens (tertiary/aromatic N) is 3. The molecule has 5 atom stereocenters. The lowest BCUT2D eigenvalue weighted by Gasteiger charge is -2.34. The van der Waals surface area contributed by atoms with E-state index in [1.54, 1.807) is 7.11 Å². The van der Waals surface area contributed by atoms with Gasteiger partial charge < -0.3 is 30.6 Å². The predicted octanol–water partition coefficient (Wildman–Crippen LogP) is 4.44. The number of likely N-dealkylation sites (N-methyl/N-ethyl adjacent to an activating group) is 1. The second kappa shape index (κ2) is 14.3. The third-order valence-corrected chi connectivity index (χ3v) is 8.12. The Morgan fingerprint density at radius 3 is 2.67 bits per heavy atom. The summed E-state index contributed by atoms with van der Waals surface area (Å²) in [4.78, 5) is 21.2.